The highest BCUT2D eigenvalue weighted by Gasteiger charge is 2.32. The average molecular weight is 669 g/mol. The predicted molar refractivity (Wildman–Crippen MR) is 218 cm³/mol. The van der Waals surface area contributed by atoms with Gasteiger partial charge in [0, 0.05) is 53.9 Å². The molecular formula is C48H32N2O2. The molecule has 0 aliphatic rings. The highest BCUT2D eigenvalue weighted by atomic mass is 16.3. The van der Waals surface area contributed by atoms with Crippen LogP contribution < -0.4 is 0 Å². The second-order valence-electron chi connectivity index (χ2n) is 15.5. The van der Waals surface area contributed by atoms with Crippen molar-refractivity contribution in [3.8, 4) is 0 Å². The number of para-hydroxylation sites is 4. The minimum Gasteiger partial charge on any atom is -0.456 e. The number of furan rings is 2. The summed E-state index contributed by atoms with van der Waals surface area (Å²) in [5.74, 6) is 0.512. The van der Waals surface area contributed by atoms with Gasteiger partial charge in [0.1, 0.15) is 22.3 Å². The van der Waals surface area contributed by atoms with Gasteiger partial charge in [0.2, 0.25) is 0 Å². The molecular weight excluding hydrogens is 637 g/mol. The van der Waals surface area contributed by atoms with Gasteiger partial charge in [-0.1, -0.05) is 100 Å². The first-order chi connectivity index (χ1) is 25.5. The number of fused-ring (bicyclic) bond motifs is 20. The number of hydrogen-bond acceptors (Lipinski definition) is 2. The highest BCUT2D eigenvalue weighted by Crippen LogP contribution is 2.53. The van der Waals surface area contributed by atoms with Crippen molar-refractivity contribution in [2.45, 2.75) is 39.5 Å². The molecule has 0 aliphatic heterocycles. The molecule has 0 unspecified atom stereocenters. The zero-order valence-electron chi connectivity index (χ0n) is 29.3. The molecule has 6 aromatic heterocycles. The maximum absolute atomic E-state index is 6.52. The topological polar surface area (TPSA) is 35.1 Å². The van der Waals surface area contributed by atoms with Crippen molar-refractivity contribution in [3.05, 3.63) is 120 Å². The Morgan fingerprint density at radius 2 is 0.712 bits per heavy atom. The number of hydrogen-bond donors (Lipinski definition) is 0. The number of nitrogens with zero attached hydrogens (tertiary/aromatic N) is 2. The van der Waals surface area contributed by atoms with E-state index < -0.39 is 0 Å². The lowest BCUT2D eigenvalue weighted by Gasteiger charge is -2.19. The molecule has 0 saturated heterocycles. The van der Waals surface area contributed by atoms with Crippen LogP contribution in [0.5, 0.6) is 0 Å². The molecule has 0 N–H and O–H groups in total. The predicted octanol–water partition coefficient (Wildman–Crippen LogP) is 14.0. The molecule has 246 valence electrons. The van der Waals surface area contributed by atoms with Crippen LogP contribution in [0.4, 0.5) is 0 Å². The molecule has 0 atom stereocenters. The van der Waals surface area contributed by atoms with Gasteiger partial charge < -0.3 is 17.6 Å². The summed E-state index contributed by atoms with van der Waals surface area (Å²) < 4.78 is 18.3. The number of benzene rings is 7. The van der Waals surface area contributed by atoms with Crippen molar-refractivity contribution in [2.75, 3.05) is 0 Å². The summed E-state index contributed by atoms with van der Waals surface area (Å²) in [5.41, 5.74) is 14.3. The first-order valence-electron chi connectivity index (χ1n) is 18.5. The normalized spacial score (nSPS) is 13.3. The van der Waals surface area contributed by atoms with Gasteiger partial charge in [-0.3, -0.25) is 0 Å². The molecule has 0 radical (unpaired) electrons. The Balaban J connectivity index is 1.39. The third kappa shape index (κ3) is 2.91. The maximum Gasteiger partial charge on any atom is 0.137 e. The van der Waals surface area contributed by atoms with Crippen LogP contribution in [-0.2, 0) is 0 Å². The standard InChI is InChI=1S/C48H32N2O2/c1-23(2)37-41-31-15-9-13-25-28-20-22-36-40(30-12-6-8-18-34(30)52-36)46(28)50(43(25)31)48(41)38(24(3)4)42-32-16-10-14-26-27-19-21-35-39(29-11-5-7-17-33(29)51-35)45(27)49(44(26)32)47(37)42/h5-24H,1-4H3. The van der Waals surface area contributed by atoms with Crippen molar-refractivity contribution in [1.29, 1.82) is 0 Å². The summed E-state index contributed by atoms with van der Waals surface area (Å²) in [5, 5.41) is 15.2. The van der Waals surface area contributed by atoms with Gasteiger partial charge in [0.15, 0.2) is 0 Å². The number of rotatable bonds is 2. The second-order valence-corrected chi connectivity index (χ2v) is 15.5. The van der Waals surface area contributed by atoms with E-state index in [-0.39, 0.29) is 11.8 Å². The van der Waals surface area contributed by atoms with E-state index in [0.717, 1.165) is 33.1 Å². The van der Waals surface area contributed by atoms with E-state index in [1.165, 1.54) is 98.1 Å². The molecule has 7 aromatic carbocycles. The Morgan fingerprint density at radius 1 is 0.327 bits per heavy atom. The summed E-state index contributed by atoms with van der Waals surface area (Å²) in [6, 6.07) is 39.8. The Kier molecular flexibility index (Phi) is 4.73. The molecule has 13 aromatic rings. The van der Waals surface area contributed by atoms with Gasteiger partial charge >= 0.3 is 0 Å². The monoisotopic (exact) mass is 668 g/mol. The van der Waals surface area contributed by atoms with Crippen molar-refractivity contribution in [3.63, 3.8) is 0 Å². The zero-order chi connectivity index (χ0) is 34.3. The first-order valence-corrected chi connectivity index (χ1v) is 18.5. The van der Waals surface area contributed by atoms with E-state index >= 15 is 0 Å². The SMILES string of the molecule is CC(C)c1c2c3cccc4c5ccc6oc7ccccc7c6c5n(c2c(C(C)C)c2c5cccc6c7ccc8oc9ccccc9c8c7n(c12)c65)c43. The molecule has 52 heavy (non-hydrogen) atoms. The van der Waals surface area contributed by atoms with E-state index in [2.05, 4.69) is 146 Å². The van der Waals surface area contributed by atoms with E-state index in [1.807, 2.05) is 0 Å². The minimum atomic E-state index is 0.256. The molecule has 0 saturated carbocycles. The van der Waals surface area contributed by atoms with Gasteiger partial charge in [0.05, 0.1) is 43.9 Å². The molecule has 0 fully saturated rings. The van der Waals surface area contributed by atoms with Crippen molar-refractivity contribution < 1.29 is 8.83 Å². The lowest BCUT2D eigenvalue weighted by atomic mass is 9.87. The molecule has 4 nitrogen and oxygen atoms in total. The third-order valence-corrected chi connectivity index (χ3v) is 12.2. The van der Waals surface area contributed by atoms with E-state index in [4.69, 9.17) is 8.83 Å². The molecule has 0 amide bonds. The van der Waals surface area contributed by atoms with E-state index in [9.17, 15) is 0 Å². The largest absolute Gasteiger partial charge is 0.456 e. The van der Waals surface area contributed by atoms with Gasteiger partial charge in [-0.15, -0.1) is 0 Å². The lowest BCUT2D eigenvalue weighted by Crippen LogP contribution is -2.01. The van der Waals surface area contributed by atoms with Gasteiger partial charge in [-0.05, 0) is 59.4 Å². The summed E-state index contributed by atoms with van der Waals surface area (Å²) in [7, 11) is 0. The average Bonchev–Trinajstić information content (AvgIpc) is 3.99. The van der Waals surface area contributed by atoms with Gasteiger partial charge in [-0.2, -0.15) is 0 Å². The van der Waals surface area contributed by atoms with Crippen LogP contribution in [0.3, 0.4) is 0 Å². The zero-order valence-corrected chi connectivity index (χ0v) is 29.3. The molecule has 4 heteroatoms. The molecule has 0 spiro atoms. The fourth-order valence-electron chi connectivity index (χ4n) is 10.5. The smallest absolute Gasteiger partial charge is 0.137 e. The second kappa shape index (κ2) is 8.96. The molecule has 13 rings (SSSR count). The summed E-state index contributed by atoms with van der Waals surface area (Å²) >= 11 is 0. The van der Waals surface area contributed by atoms with E-state index in [1.54, 1.807) is 0 Å². The van der Waals surface area contributed by atoms with Crippen molar-refractivity contribution in [1.82, 2.24) is 8.80 Å². The molecule has 0 bridgehead atoms. The minimum absolute atomic E-state index is 0.256. The number of aromatic nitrogens is 2. The lowest BCUT2D eigenvalue weighted by molar-refractivity contribution is 0.669. The molecule has 6 heterocycles. The summed E-state index contributed by atoms with van der Waals surface area (Å²) in [4.78, 5) is 0. The summed E-state index contributed by atoms with van der Waals surface area (Å²) in [6.07, 6.45) is 0. The van der Waals surface area contributed by atoms with Gasteiger partial charge in [-0.25, -0.2) is 0 Å². The van der Waals surface area contributed by atoms with Crippen LogP contribution in [0.2, 0.25) is 0 Å². The van der Waals surface area contributed by atoms with Crippen LogP contribution >= 0.6 is 0 Å². The summed E-state index contributed by atoms with van der Waals surface area (Å²) in [6.45, 7) is 9.53. The van der Waals surface area contributed by atoms with Crippen molar-refractivity contribution in [2.24, 2.45) is 0 Å². The van der Waals surface area contributed by atoms with Crippen LogP contribution in [0.15, 0.2) is 118 Å². The van der Waals surface area contributed by atoms with Crippen LogP contribution in [0.25, 0.3) is 120 Å². The van der Waals surface area contributed by atoms with Gasteiger partial charge in [0.25, 0.3) is 0 Å². The highest BCUT2D eigenvalue weighted by molar-refractivity contribution is 6.35. The maximum atomic E-state index is 6.52. The Bertz CT molecular complexity index is 3450. The van der Waals surface area contributed by atoms with Crippen molar-refractivity contribution >= 4 is 120 Å². The Morgan fingerprint density at radius 3 is 1.15 bits per heavy atom. The Hall–Kier alpha value is -6.26. The van der Waals surface area contributed by atoms with Crippen LogP contribution in [0.1, 0.15) is 50.7 Å². The fourth-order valence-corrected chi connectivity index (χ4v) is 10.5. The first kappa shape index (κ1) is 27.5. The Labute approximate surface area is 296 Å². The van der Waals surface area contributed by atoms with E-state index in [0.29, 0.717) is 0 Å². The fraction of sp³-hybridized carbons (Fsp3) is 0.125. The molecule has 0 aliphatic carbocycles. The quantitative estimate of drug-likeness (QED) is 0.184. The third-order valence-electron chi connectivity index (χ3n) is 12.2. The van der Waals surface area contributed by atoms with Crippen LogP contribution in [0, 0.1) is 0 Å². The van der Waals surface area contributed by atoms with Crippen LogP contribution in [-0.4, -0.2) is 8.80 Å².